The van der Waals surface area contributed by atoms with Gasteiger partial charge in [-0.15, -0.1) is 0 Å². The number of aromatic hydroxyl groups is 1. The number of carbonyl (C=O) groups is 2. The highest BCUT2D eigenvalue weighted by atomic mass is 16.5. The summed E-state index contributed by atoms with van der Waals surface area (Å²) in [5, 5.41) is 19.8. The molecule has 11 nitrogen and oxygen atoms in total. The Labute approximate surface area is 174 Å². The molecule has 3 rings (SSSR count). The third-order valence-electron chi connectivity index (χ3n) is 4.29. The normalized spacial score (nSPS) is 10.5. The molecule has 0 fully saturated rings. The van der Waals surface area contributed by atoms with Gasteiger partial charge in [0.05, 0.1) is 11.4 Å². The molecule has 31 heavy (non-hydrogen) atoms. The average Bonchev–Trinajstić information content (AvgIpc) is 2.69. The molecule has 11 heteroatoms. The molecule has 2 aromatic carbocycles. The van der Waals surface area contributed by atoms with Crippen LogP contribution in [0.15, 0.2) is 58.1 Å². The van der Waals surface area contributed by atoms with E-state index in [0.717, 1.165) is 29.7 Å². The number of esters is 1. The van der Waals surface area contributed by atoms with Crippen LogP contribution >= 0.6 is 0 Å². The molecule has 0 bridgehead atoms. The molecular weight excluding hydrogens is 408 g/mol. The molecule has 160 valence electrons. The van der Waals surface area contributed by atoms with Gasteiger partial charge < -0.3 is 20.7 Å². The summed E-state index contributed by atoms with van der Waals surface area (Å²) in [6, 6.07) is 11.4. The van der Waals surface area contributed by atoms with E-state index < -0.39 is 40.6 Å². The van der Waals surface area contributed by atoms with Crippen LogP contribution in [0.4, 0.5) is 22.0 Å². The fraction of sp³-hybridized carbons (Fsp3) is 0.100. The minimum Gasteiger partial charge on any atom is -0.508 e. The molecular formula is C20H18N4O7. The van der Waals surface area contributed by atoms with Crippen molar-refractivity contribution < 1.29 is 24.5 Å². The number of ether oxygens (including phenoxy) is 1. The maximum Gasteiger partial charge on any atom is 0.416 e. The van der Waals surface area contributed by atoms with Gasteiger partial charge in [-0.1, -0.05) is 18.2 Å². The first-order valence-corrected chi connectivity index (χ1v) is 8.84. The second-order valence-corrected chi connectivity index (χ2v) is 6.45. The van der Waals surface area contributed by atoms with Crippen molar-refractivity contribution >= 4 is 29.3 Å². The van der Waals surface area contributed by atoms with Crippen molar-refractivity contribution in [1.82, 2.24) is 9.13 Å². The van der Waals surface area contributed by atoms with Gasteiger partial charge in [-0.25, -0.2) is 19.1 Å². The number of carbonyl (C=O) groups excluding carboxylic acids is 1. The number of phenolic OH excluding ortho intramolecular Hbond substituents is 1. The van der Waals surface area contributed by atoms with Crippen molar-refractivity contribution in [2.45, 2.75) is 6.92 Å². The van der Waals surface area contributed by atoms with Crippen LogP contribution in [0.2, 0.25) is 0 Å². The lowest BCUT2D eigenvalue weighted by Crippen LogP contribution is -2.43. The fourth-order valence-electron chi connectivity index (χ4n) is 3.01. The molecule has 1 heterocycles. The summed E-state index contributed by atoms with van der Waals surface area (Å²) in [5.74, 6) is -1.71. The molecule has 0 aliphatic heterocycles. The number of nitrogens with two attached hydrogens (primary N) is 1. The highest BCUT2D eigenvalue weighted by Gasteiger charge is 2.28. The predicted octanol–water partition coefficient (Wildman–Crippen LogP) is 1.57. The molecule has 0 atom stereocenters. The van der Waals surface area contributed by atoms with E-state index in [9.17, 15) is 29.4 Å². The summed E-state index contributed by atoms with van der Waals surface area (Å²) in [6.07, 6.45) is -1.62. The van der Waals surface area contributed by atoms with E-state index in [4.69, 9.17) is 10.5 Å². The standard InChI is InChI=1S/C20H18N4O7/c1-11(25)31-15-9-13(8-14(26)10-15)23(20(29)30)16-17(21)24(12-6-4-3-5-7-12)19(28)22(2)18(16)27/h3-10,26H,21H2,1-2H3,(H,29,30). The zero-order chi connectivity index (χ0) is 22.9. The fourth-order valence-corrected chi connectivity index (χ4v) is 3.01. The molecule has 0 spiro atoms. The number of phenols is 1. The first-order valence-electron chi connectivity index (χ1n) is 8.84. The van der Waals surface area contributed by atoms with Gasteiger partial charge >= 0.3 is 17.8 Å². The number of benzene rings is 2. The van der Waals surface area contributed by atoms with Crippen LogP contribution in [0.3, 0.4) is 0 Å². The summed E-state index contributed by atoms with van der Waals surface area (Å²) >= 11 is 0. The molecule has 0 radical (unpaired) electrons. The van der Waals surface area contributed by atoms with Gasteiger partial charge in [0.15, 0.2) is 5.69 Å². The Balaban J connectivity index is 2.34. The minimum atomic E-state index is -1.62. The number of hydrogen-bond acceptors (Lipinski definition) is 7. The van der Waals surface area contributed by atoms with Gasteiger partial charge in [0.2, 0.25) is 0 Å². The first-order chi connectivity index (χ1) is 14.6. The molecule has 0 saturated heterocycles. The average molecular weight is 426 g/mol. The summed E-state index contributed by atoms with van der Waals surface area (Å²) in [6.45, 7) is 1.13. The maximum absolute atomic E-state index is 12.9. The van der Waals surface area contributed by atoms with Gasteiger partial charge in [0, 0.05) is 32.2 Å². The van der Waals surface area contributed by atoms with Crippen LogP contribution in [0.25, 0.3) is 5.69 Å². The van der Waals surface area contributed by atoms with Crippen LogP contribution in [-0.4, -0.2) is 31.4 Å². The Morgan fingerprint density at radius 1 is 1.10 bits per heavy atom. The lowest BCUT2D eigenvalue weighted by atomic mass is 10.2. The number of hydrogen-bond donors (Lipinski definition) is 3. The second-order valence-electron chi connectivity index (χ2n) is 6.45. The van der Waals surface area contributed by atoms with Crippen LogP contribution in [0.5, 0.6) is 11.5 Å². The molecule has 3 aromatic rings. The van der Waals surface area contributed by atoms with E-state index in [1.54, 1.807) is 30.3 Å². The van der Waals surface area contributed by atoms with E-state index in [-0.39, 0.29) is 11.4 Å². The zero-order valence-electron chi connectivity index (χ0n) is 16.5. The van der Waals surface area contributed by atoms with Crippen LogP contribution in [0, 0.1) is 0 Å². The number of rotatable bonds is 4. The minimum absolute atomic E-state index is 0.152. The summed E-state index contributed by atoms with van der Waals surface area (Å²) in [7, 11) is 1.18. The van der Waals surface area contributed by atoms with E-state index >= 15 is 0 Å². The van der Waals surface area contributed by atoms with Gasteiger partial charge in [-0.05, 0) is 12.1 Å². The van der Waals surface area contributed by atoms with Crippen LogP contribution in [-0.2, 0) is 11.8 Å². The Hall–Kier alpha value is -4.54. The van der Waals surface area contributed by atoms with Crippen molar-refractivity contribution in [2.75, 3.05) is 10.6 Å². The first kappa shape index (κ1) is 21.2. The number of nitrogens with zero attached hydrogens (tertiary/aromatic N) is 3. The lowest BCUT2D eigenvalue weighted by molar-refractivity contribution is -0.131. The topological polar surface area (TPSA) is 157 Å². The number of carboxylic acid groups (broad SMARTS) is 1. The Kier molecular flexibility index (Phi) is 5.51. The Morgan fingerprint density at radius 3 is 2.32 bits per heavy atom. The number of anilines is 3. The van der Waals surface area contributed by atoms with Gasteiger partial charge in [0.1, 0.15) is 17.3 Å². The van der Waals surface area contributed by atoms with Crippen molar-refractivity contribution in [1.29, 1.82) is 0 Å². The number of aromatic nitrogens is 2. The third kappa shape index (κ3) is 3.96. The monoisotopic (exact) mass is 426 g/mol. The zero-order valence-corrected chi connectivity index (χ0v) is 16.5. The predicted molar refractivity (Wildman–Crippen MR) is 111 cm³/mol. The highest BCUT2D eigenvalue weighted by molar-refractivity contribution is 5.98. The molecule has 0 unspecified atom stereocenters. The van der Waals surface area contributed by atoms with Gasteiger partial charge in [-0.3, -0.25) is 14.2 Å². The van der Waals surface area contributed by atoms with Crippen molar-refractivity contribution in [2.24, 2.45) is 7.05 Å². The molecule has 4 N–H and O–H groups in total. The molecule has 1 amide bonds. The van der Waals surface area contributed by atoms with Crippen LogP contribution in [0.1, 0.15) is 6.92 Å². The summed E-state index contributed by atoms with van der Waals surface area (Å²) in [4.78, 5) is 49.5. The summed E-state index contributed by atoms with van der Waals surface area (Å²) < 4.78 is 6.61. The van der Waals surface area contributed by atoms with Gasteiger partial charge in [0.25, 0.3) is 5.56 Å². The molecule has 0 saturated carbocycles. The number of amides is 1. The van der Waals surface area contributed by atoms with Crippen molar-refractivity contribution in [3.63, 3.8) is 0 Å². The molecule has 0 aliphatic carbocycles. The summed E-state index contributed by atoms with van der Waals surface area (Å²) in [5.41, 5.74) is 3.89. The number of para-hydroxylation sites is 1. The third-order valence-corrected chi connectivity index (χ3v) is 4.29. The highest BCUT2D eigenvalue weighted by Crippen LogP contribution is 2.33. The largest absolute Gasteiger partial charge is 0.508 e. The Morgan fingerprint density at radius 2 is 1.74 bits per heavy atom. The molecule has 0 aliphatic rings. The Bertz CT molecular complexity index is 1300. The van der Waals surface area contributed by atoms with E-state index in [1.165, 1.54) is 7.05 Å². The SMILES string of the molecule is CC(=O)Oc1cc(O)cc(N(C(=O)O)c2c(N)n(-c3ccccc3)c(=O)n(C)c2=O)c1. The van der Waals surface area contributed by atoms with Crippen LogP contribution < -0.4 is 26.6 Å². The second kappa shape index (κ2) is 8.06. The quantitative estimate of drug-likeness (QED) is 0.419. The van der Waals surface area contributed by atoms with Gasteiger partial charge in [-0.2, -0.15) is 0 Å². The smallest absolute Gasteiger partial charge is 0.416 e. The van der Waals surface area contributed by atoms with Crippen molar-refractivity contribution in [3.05, 3.63) is 69.4 Å². The molecule has 1 aromatic heterocycles. The lowest BCUT2D eigenvalue weighted by Gasteiger charge is -2.23. The van der Waals surface area contributed by atoms with E-state index in [2.05, 4.69) is 0 Å². The number of nitrogen functional groups attached to an aromatic ring is 1. The maximum atomic E-state index is 12.9. The van der Waals surface area contributed by atoms with Crippen molar-refractivity contribution in [3.8, 4) is 17.2 Å². The van der Waals surface area contributed by atoms with E-state index in [0.29, 0.717) is 15.2 Å². The van der Waals surface area contributed by atoms with E-state index in [1.807, 2.05) is 0 Å².